The van der Waals surface area contributed by atoms with Crippen molar-refractivity contribution >= 4 is 28.6 Å². The monoisotopic (exact) mass is 596 g/mol. The number of esters is 1. The van der Waals surface area contributed by atoms with Gasteiger partial charge < -0.3 is 25.3 Å². The average molecular weight is 597 g/mol. The highest BCUT2D eigenvalue weighted by molar-refractivity contribution is 6.04. The molecule has 2 aromatic carbocycles. The van der Waals surface area contributed by atoms with E-state index in [1.165, 1.54) is 17.8 Å². The Morgan fingerprint density at radius 1 is 1.00 bits per heavy atom. The zero-order valence-corrected chi connectivity index (χ0v) is 24.7. The van der Waals surface area contributed by atoms with Crippen molar-refractivity contribution in [3.63, 3.8) is 0 Å². The number of nitrogens with one attached hydrogen (secondary N) is 1. The molecule has 3 heterocycles. The Morgan fingerprint density at radius 2 is 1.75 bits per heavy atom. The maximum Gasteiger partial charge on any atom is 0.322 e. The molecule has 3 N–H and O–H groups in total. The second-order valence-corrected chi connectivity index (χ2v) is 10.2. The molecular weight excluding hydrogens is 564 g/mol. The zero-order chi connectivity index (χ0) is 31.4. The number of nitrogens with two attached hydrogens (primary N) is 1. The summed E-state index contributed by atoms with van der Waals surface area (Å²) >= 11 is 0. The van der Waals surface area contributed by atoms with E-state index in [4.69, 9.17) is 19.9 Å². The lowest BCUT2D eigenvalue weighted by atomic mass is 10.2. The van der Waals surface area contributed by atoms with E-state index in [1.807, 2.05) is 24.3 Å². The van der Waals surface area contributed by atoms with Crippen molar-refractivity contribution in [1.29, 1.82) is 0 Å². The van der Waals surface area contributed by atoms with Gasteiger partial charge in [0.25, 0.3) is 11.5 Å². The highest BCUT2D eigenvalue weighted by Gasteiger charge is 2.26. The van der Waals surface area contributed by atoms with Gasteiger partial charge in [-0.3, -0.25) is 24.0 Å². The Bertz CT molecular complexity index is 1860. The van der Waals surface area contributed by atoms with Gasteiger partial charge in [-0.25, -0.2) is 9.67 Å². The molecule has 226 valence electrons. The number of ether oxygens (including phenoxy) is 3. The number of methoxy groups -OCH3 is 1. The number of hydrogen-bond donors (Lipinski definition) is 2. The van der Waals surface area contributed by atoms with Crippen LogP contribution in [-0.4, -0.2) is 50.5 Å². The van der Waals surface area contributed by atoms with E-state index in [0.717, 1.165) is 5.39 Å². The van der Waals surface area contributed by atoms with Crippen LogP contribution >= 0.6 is 0 Å². The molecule has 0 aliphatic rings. The standard InChI is InChI=1S/C32H32N6O6/c1-19(43-32(41)20(2)33)18-37-21(3)29(31(40)38(37)22-8-6-5-7-9-22)30(39)36-28-13-11-24(17-35-28)44-27-14-15-34-26-16-23(42-4)10-12-25(26)27/h5-17,19-20H,18,33H2,1-4H3,(H,35,36,39)/t19-,20+/m1/s1. The fraction of sp³-hybridized carbons (Fsp3) is 0.219. The summed E-state index contributed by atoms with van der Waals surface area (Å²) in [6.07, 6.45) is 2.48. The van der Waals surface area contributed by atoms with Gasteiger partial charge in [0, 0.05) is 17.6 Å². The average Bonchev–Trinajstić information content (AvgIpc) is 3.26. The first-order valence-electron chi connectivity index (χ1n) is 13.9. The Balaban J connectivity index is 1.38. The predicted octanol–water partition coefficient (Wildman–Crippen LogP) is 4.22. The molecule has 0 spiro atoms. The summed E-state index contributed by atoms with van der Waals surface area (Å²) in [6, 6.07) is 18.6. The summed E-state index contributed by atoms with van der Waals surface area (Å²) in [5, 5.41) is 3.50. The third-order valence-corrected chi connectivity index (χ3v) is 6.86. The molecular formula is C32H32N6O6. The summed E-state index contributed by atoms with van der Waals surface area (Å²) in [6.45, 7) is 5.00. The summed E-state index contributed by atoms with van der Waals surface area (Å²) in [5.74, 6) is 0.731. The van der Waals surface area contributed by atoms with Crippen molar-refractivity contribution in [2.75, 3.05) is 12.4 Å². The molecule has 12 nitrogen and oxygen atoms in total. The number of pyridine rings is 2. The largest absolute Gasteiger partial charge is 0.497 e. The Hall–Kier alpha value is -5.49. The SMILES string of the molecule is COc1ccc2c(Oc3ccc(NC(=O)c4c(C)n(C[C@@H](C)OC(=O)[C@H](C)N)n(-c5ccccc5)c4=O)nc3)ccnc2c1. The lowest BCUT2D eigenvalue weighted by Gasteiger charge is -2.19. The lowest BCUT2D eigenvalue weighted by Crippen LogP contribution is -2.34. The Labute approximate surface area is 253 Å². The molecule has 0 aliphatic heterocycles. The topological polar surface area (TPSA) is 153 Å². The van der Waals surface area contributed by atoms with Crippen molar-refractivity contribution in [2.45, 2.75) is 39.5 Å². The number of rotatable bonds is 10. The summed E-state index contributed by atoms with van der Waals surface area (Å²) in [7, 11) is 1.59. The van der Waals surface area contributed by atoms with Gasteiger partial charge in [0.15, 0.2) is 0 Å². The van der Waals surface area contributed by atoms with Crippen LogP contribution in [0.3, 0.4) is 0 Å². The number of carbonyl (C=O) groups is 2. The smallest absolute Gasteiger partial charge is 0.322 e. The maximum absolute atomic E-state index is 13.7. The van der Waals surface area contributed by atoms with E-state index in [2.05, 4.69) is 15.3 Å². The number of carbonyl (C=O) groups excluding carboxylic acids is 2. The van der Waals surface area contributed by atoms with Crippen LogP contribution in [-0.2, 0) is 16.1 Å². The van der Waals surface area contributed by atoms with Gasteiger partial charge in [0.2, 0.25) is 0 Å². The number of nitrogens with zero attached hydrogens (tertiary/aromatic N) is 4. The summed E-state index contributed by atoms with van der Waals surface area (Å²) in [4.78, 5) is 47.9. The highest BCUT2D eigenvalue weighted by atomic mass is 16.5. The predicted molar refractivity (Wildman–Crippen MR) is 165 cm³/mol. The third-order valence-electron chi connectivity index (χ3n) is 6.86. The van der Waals surface area contributed by atoms with Crippen LogP contribution in [0.15, 0.2) is 83.9 Å². The minimum atomic E-state index is -0.793. The van der Waals surface area contributed by atoms with Gasteiger partial charge in [0.1, 0.15) is 40.8 Å². The molecule has 44 heavy (non-hydrogen) atoms. The van der Waals surface area contributed by atoms with E-state index >= 15 is 0 Å². The van der Waals surface area contributed by atoms with Crippen LogP contribution < -0.4 is 26.1 Å². The van der Waals surface area contributed by atoms with E-state index in [1.54, 1.807) is 74.3 Å². The van der Waals surface area contributed by atoms with Crippen LogP contribution in [0.1, 0.15) is 29.9 Å². The first-order valence-corrected chi connectivity index (χ1v) is 13.9. The highest BCUT2D eigenvalue weighted by Crippen LogP contribution is 2.30. The first-order chi connectivity index (χ1) is 21.2. The molecule has 2 atom stereocenters. The fourth-order valence-corrected chi connectivity index (χ4v) is 4.68. The molecule has 5 rings (SSSR count). The molecule has 0 saturated heterocycles. The molecule has 5 aromatic rings. The Kier molecular flexibility index (Phi) is 8.72. The van der Waals surface area contributed by atoms with Crippen molar-refractivity contribution in [1.82, 2.24) is 19.3 Å². The molecule has 3 aromatic heterocycles. The van der Waals surface area contributed by atoms with Crippen LogP contribution in [0.2, 0.25) is 0 Å². The number of anilines is 1. The minimum absolute atomic E-state index is 0.0691. The molecule has 12 heteroatoms. The number of para-hydroxylation sites is 1. The molecule has 0 radical (unpaired) electrons. The molecule has 0 bridgehead atoms. The third kappa shape index (κ3) is 6.30. The van der Waals surface area contributed by atoms with E-state index < -0.39 is 29.6 Å². The quantitative estimate of drug-likeness (QED) is 0.226. The van der Waals surface area contributed by atoms with Gasteiger partial charge in [-0.1, -0.05) is 18.2 Å². The first kappa shape index (κ1) is 30.0. The van der Waals surface area contributed by atoms with Crippen LogP contribution in [0, 0.1) is 6.92 Å². The van der Waals surface area contributed by atoms with Gasteiger partial charge >= 0.3 is 5.97 Å². The molecule has 0 unspecified atom stereocenters. The second kappa shape index (κ2) is 12.8. The number of amides is 1. The minimum Gasteiger partial charge on any atom is -0.497 e. The Morgan fingerprint density at radius 3 is 2.43 bits per heavy atom. The number of benzene rings is 2. The van der Waals surface area contributed by atoms with E-state index in [-0.39, 0.29) is 17.9 Å². The fourth-order valence-electron chi connectivity index (χ4n) is 4.68. The van der Waals surface area contributed by atoms with E-state index in [9.17, 15) is 14.4 Å². The van der Waals surface area contributed by atoms with Crippen LogP contribution in [0.5, 0.6) is 17.2 Å². The number of aromatic nitrogens is 4. The molecule has 0 fully saturated rings. The van der Waals surface area contributed by atoms with Crippen molar-refractivity contribution in [3.05, 3.63) is 101 Å². The molecule has 0 saturated carbocycles. The van der Waals surface area contributed by atoms with E-state index in [0.29, 0.717) is 34.1 Å². The van der Waals surface area contributed by atoms with Gasteiger partial charge in [-0.2, -0.15) is 0 Å². The van der Waals surface area contributed by atoms with Crippen molar-refractivity contribution < 1.29 is 23.8 Å². The van der Waals surface area contributed by atoms with Gasteiger partial charge in [-0.15, -0.1) is 0 Å². The van der Waals surface area contributed by atoms with Crippen molar-refractivity contribution in [2.24, 2.45) is 5.73 Å². The maximum atomic E-state index is 13.7. The second-order valence-electron chi connectivity index (χ2n) is 10.2. The summed E-state index contributed by atoms with van der Waals surface area (Å²) in [5.41, 5.74) is 6.69. The van der Waals surface area contributed by atoms with Crippen LogP contribution in [0.25, 0.3) is 16.6 Å². The lowest BCUT2D eigenvalue weighted by molar-refractivity contribution is -0.150. The van der Waals surface area contributed by atoms with Crippen molar-refractivity contribution in [3.8, 4) is 22.9 Å². The van der Waals surface area contributed by atoms with Gasteiger partial charge in [-0.05, 0) is 63.2 Å². The van der Waals surface area contributed by atoms with Gasteiger partial charge in [0.05, 0.1) is 36.7 Å². The molecule has 1 amide bonds. The molecule has 0 aliphatic carbocycles. The normalized spacial score (nSPS) is 12.4. The summed E-state index contributed by atoms with van der Waals surface area (Å²) < 4.78 is 19.7. The van der Waals surface area contributed by atoms with Crippen LogP contribution in [0.4, 0.5) is 5.82 Å². The number of fused-ring (bicyclic) bond motifs is 1. The number of hydrogen-bond acceptors (Lipinski definition) is 9. The zero-order valence-electron chi connectivity index (χ0n) is 24.7.